The number of ether oxygens (including phenoxy) is 4. The number of benzene rings is 2. The van der Waals surface area contributed by atoms with Crippen molar-refractivity contribution in [2.24, 2.45) is 0 Å². The number of rotatable bonds is 13. The second-order valence-electron chi connectivity index (χ2n) is 11.4. The quantitative estimate of drug-likeness (QED) is 0.147. The van der Waals surface area contributed by atoms with Gasteiger partial charge in [-0.3, -0.25) is 0 Å². The van der Waals surface area contributed by atoms with Crippen LogP contribution in [-0.2, 0) is 31.8 Å². The molecule has 0 saturated carbocycles. The number of aromatic hydroxyl groups is 2. The highest BCUT2D eigenvalue weighted by Crippen LogP contribution is 2.28. The number of hydrogen-bond acceptors (Lipinski definition) is 12. The van der Waals surface area contributed by atoms with Crippen LogP contribution in [0.1, 0.15) is 43.7 Å². The van der Waals surface area contributed by atoms with E-state index in [1.54, 1.807) is 24.3 Å². The molecule has 12 nitrogen and oxygen atoms in total. The second-order valence-corrected chi connectivity index (χ2v) is 11.4. The smallest absolute Gasteiger partial charge is 0.186 e. The number of aliphatic hydroxyl groups is 6. The first-order valence-corrected chi connectivity index (χ1v) is 14.8. The van der Waals surface area contributed by atoms with Gasteiger partial charge < -0.3 is 59.8 Å². The van der Waals surface area contributed by atoms with E-state index in [1.807, 2.05) is 24.3 Å². The number of phenols is 2. The molecule has 2 aromatic carbocycles. The Kier molecular flexibility index (Phi) is 12.1. The molecule has 2 aromatic rings. The lowest BCUT2D eigenvalue weighted by atomic mass is 9.98. The average molecular weight is 609 g/mol. The van der Waals surface area contributed by atoms with Gasteiger partial charge in [-0.15, -0.1) is 0 Å². The van der Waals surface area contributed by atoms with Gasteiger partial charge in [0.1, 0.15) is 54.2 Å². The van der Waals surface area contributed by atoms with Crippen LogP contribution in [0.3, 0.4) is 0 Å². The number of phenolic OH excluding ortho intramolecular Hbond substituents is 2. The van der Waals surface area contributed by atoms with Crippen molar-refractivity contribution in [3.05, 3.63) is 59.7 Å². The fourth-order valence-electron chi connectivity index (χ4n) is 5.33. The summed E-state index contributed by atoms with van der Waals surface area (Å²) in [4.78, 5) is 0. The van der Waals surface area contributed by atoms with Crippen molar-refractivity contribution < 1.29 is 59.8 Å². The first-order chi connectivity index (χ1) is 20.5. The highest BCUT2D eigenvalue weighted by molar-refractivity contribution is 5.26. The molecule has 11 atom stereocenters. The Balaban J connectivity index is 1.37. The van der Waals surface area contributed by atoms with Crippen molar-refractivity contribution in [1.29, 1.82) is 0 Å². The van der Waals surface area contributed by atoms with Gasteiger partial charge in [-0.2, -0.15) is 0 Å². The molecule has 4 rings (SSSR count). The van der Waals surface area contributed by atoms with Crippen molar-refractivity contribution in [2.45, 2.75) is 113 Å². The maximum atomic E-state index is 10.7. The van der Waals surface area contributed by atoms with Crippen LogP contribution in [-0.4, -0.2) is 115 Å². The lowest BCUT2D eigenvalue weighted by Crippen LogP contribution is -2.61. The molecular formula is C31H44O12. The van der Waals surface area contributed by atoms with Crippen LogP contribution in [0.4, 0.5) is 0 Å². The molecule has 0 bridgehead atoms. The number of unbranched alkanes of at least 4 members (excludes halogenated alkanes) is 1. The summed E-state index contributed by atoms with van der Waals surface area (Å²) in [7, 11) is 0. The van der Waals surface area contributed by atoms with Gasteiger partial charge in [-0.05, 0) is 74.4 Å². The highest BCUT2D eigenvalue weighted by Gasteiger charge is 2.47. The van der Waals surface area contributed by atoms with E-state index in [9.17, 15) is 40.9 Å². The van der Waals surface area contributed by atoms with Gasteiger partial charge in [0.25, 0.3) is 0 Å². The van der Waals surface area contributed by atoms with Crippen LogP contribution in [0.5, 0.6) is 11.5 Å². The van der Waals surface area contributed by atoms with Crippen LogP contribution in [0, 0.1) is 0 Å². The molecule has 240 valence electrons. The van der Waals surface area contributed by atoms with E-state index in [4.69, 9.17) is 18.9 Å². The summed E-state index contributed by atoms with van der Waals surface area (Å²) in [5.74, 6) is 0.374. The molecule has 2 saturated heterocycles. The Morgan fingerprint density at radius 3 is 1.81 bits per heavy atom. The van der Waals surface area contributed by atoms with Gasteiger partial charge in [-0.1, -0.05) is 30.7 Å². The van der Waals surface area contributed by atoms with E-state index in [0.29, 0.717) is 19.3 Å². The van der Waals surface area contributed by atoms with Gasteiger partial charge in [-0.25, -0.2) is 0 Å². The molecule has 12 heteroatoms. The molecule has 0 unspecified atom stereocenters. The highest BCUT2D eigenvalue weighted by atomic mass is 16.7. The number of hydrogen-bond donors (Lipinski definition) is 8. The predicted molar refractivity (Wildman–Crippen MR) is 152 cm³/mol. The summed E-state index contributed by atoms with van der Waals surface area (Å²) in [6, 6.07) is 13.9. The third-order valence-corrected chi connectivity index (χ3v) is 8.10. The molecule has 2 fully saturated rings. The molecule has 0 aliphatic carbocycles. The predicted octanol–water partition coefficient (Wildman–Crippen LogP) is 0.480. The molecular weight excluding hydrogens is 564 g/mol. The minimum absolute atomic E-state index is 0.164. The largest absolute Gasteiger partial charge is 0.508 e. The molecule has 2 heterocycles. The molecule has 0 spiro atoms. The number of aliphatic hydroxyl groups excluding tert-OH is 6. The van der Waals surface area contributed by atoms with Gasteiger partial charge in [0, 0.05) is 0 Å². The van der Waals surface area contributed by atoms with Gasteiger partial charge in [0.15, 0.2) is 12.6 Å². The molecule has 2 aliphatic heterocycles. The van der Waals surface area contributed by atoms with Crippen LogP contribution < -0.4 is 0 Å². The van der Waals surface area contributed by atoms with E-state index in [2.05, 4.69) is 0 Å². The Bertz CT molecular complexity index is 1100. The Labute approximate surface area is 250 Å². The van der Waals surface area contributed by atoms with Gasteiger partial charge >= 0.3 is 0 Å². The Morgan fingerprint density at radius 1 is 0.628 bits per heavy atom. The molecule has 0 aromatic heterocycles. The molecule has 0 amide bonds. The zero-order valence-corrected chi connectivity index (χ0v) is 24.1. The summed E-state index contributed by atoms with van der Waals surface area (Å²) in [5, 5.41) is 81.2. The SMILES string of the molecule is C[C@H]1O[C@@H](OC[C@@H]2O[C@@H](O[C@H](CCCCc3ccc(O)cc3)CCc3ccc(O)cc3)[C@H](O)[C@@H](O)[C@@H]2O)[C@H](O)[C@H](O)[C@H]1O. The monoisotopic (exact) mass is 608 g/mol. The van der Waals surface area contributed by atoms with E-state index in [0.717, 1.165) is 30.4 Å². The lowest BCUT2D eigenvalue weighted by Gasteiger charge is -2.43. The fourth-order valence-corrected chi connectivity index (χ4v) is 5.33. The third-order valence-electron chi connectivity index (χ3n) is 8.10. The normalized spacial score (nSPS) is 33.7. The van der Waals surface area contributed by atoms with Crippen LogP contribution in [0.15, 0.2) is 48.5 Å². The maximum absolute atomic E-state index is 10.7. The Hall–Kier alpha value is -2.36. The summed E-state index contributed by atoms with van der Waals surface area (Å²) in [6.07, 6.45) is -9.83. The standard InChI is InChI=1S/C31H44O12/c1-17-24(34)26(36)28(38)30(41-17)40-16-23-25(35)27(37)29(39)31(43-23)42-22(15-10-19-8-13-21(33)14-9-19)5-3-2-4-18-6-11-20(32)12-7-18/h6-9,11-14,17,22-39H,2-5,10,15-16H2,1H3/t17-,22-,23+,24+,25-,26-,27+,28-,29-,30-,31-/m1/s1. The summed E-state index contributed by atoms with van der Waals surface area (Å²) in [6.45, 7) is 1.14. The Morgan fingerprint density at radius 2 is 1.19 bits per heavy atom. The average Bonchev–Trinajstić information content (AvgIpc) is 3.00. The molecule has 43 heavy (non-hydrogen) atoms. The third kappa shape index (κ3) is 9.08. The van der Waals surface area contributed by atoms with Crippen molar-refractivity contribution in [2.75, 3.05) is 6.61 Å². The first-order valence-electron chi connectivity index (χ1n) is 14.8. The van der Waals surface area contributed by atoms with Crippen LogP contribution in [0.2, 0.25) is 0 Å². The van der Waals surface area contributed by atoms with Crippen molar-refractivity contribution in [3.63, 3.8) is 0 Å². The number of aryl methyl sites for hydroxylation is 2. The summed E-state index contributed by atoms with van der Waals surface area (Å²) in [5.41, 5.74) is 2.07. The van der Waals surface area contributed by atoms with E-state index in [-0.39, 0.29) is 18.1 Å². The van der Waals surface area contributed by atoms with Crippen LogP contribution in [0.25, 0.3) is 0 Å². The van der Waals surface area contributed by atoms with Gasteiger partial charge in [0.2, 0.25) is 0 Å². The van der Waals surface area contributed by atoms with Crippen molar-refractivity contribution in [1.82, 2.24) is 0 Å². The van der Waals surface area contributed by atoms with Crippen molar-refractivity contribution in [3.8, 4) is 11.5 Å². The topological polar surface area (TPSA) is 199 Å². The van der Waals surface area contributed by atoms with E-state index >= 15 is 0 Å². The first kappa shape index (κ1) is 33.5. The fraction of sp³-hybridized carbons (Fsp3) is 0.613. The van der Waals surface area contributed by atoms with E-state index < -0.39 is 67.5 Å². The minimum atomic E-state index is -1.61. The maximum Gasteiger partial charge on any atom is 0.186 e. The van der Waals surface area contributed by atoms with Gasteiger partial charge in [0.05, 0.1) is 18.8 Å². The zero-order valence-electron chi connectivity index (χ0n) is 24.1. The van der Waals surface area contributed by atoms with Crippen LogP contribution >= 0.6 is 0 Å². The molecule has 0 radical (unpaired) electrons. The van der Waals surface area contributed by atoms with E-state index in [1.165, 1.54) is 6.92 Å². The minimum Gasteiger partial charge on any atom is -0.508 e. The summed E-state index contributed by atoms with van der Waals surface area (Å²) < 4.78 is 23.0. The second kappa shape index (κ2) is 15.6. The summed E-state index contributed by atoms with van der Waals surface area (Å²) >= 11 is 0. The molecule has 8 N–H and O–H groups in total. The zero-order chi connectivity index (χ0) is 31.1. The molecule has 2 aliphatic rings. The van der Waals surface area contributed by atoms with Crippen molar-refractivity contribution >= 4 is 0 Å². The lowest BCUT2D eigenvalue weighted by molar-refractivity contribution is -0.333.